The minimum atomic E-state index is -3.73. The first kappa shape index (κ1) is 20.9. The maximum Gasteiger partial charge on any atom is 0.238 e. The predicted octanol–water partition coefficient (Wildman–Crippen LogP) is 1.70. The topological polar surface area (TPSA) is 123 Å². The van der Waals surface area contributed by atoms with Gasteiger partial charge in [0.15, 0.2) is 5.96 Å². The van der Waals surface area contributed by atoms with Crippen molar-refractivity contribution < 1.29 is 12.9 Å². The fourth-order valence-corrected chi connectivity index (χ4v) is 3.23. The van der Waals surface area contributed by atoms with Crippen LogP contribution in [0.5, 0.6) is 0 Å². The van der Waals surface area contributed by atoms with E-state index >= 15 is 0 Å². The van der Waals surface area contributed by atoms with Crippen molar-refractivity contribution in [2.24, 2.45) is 10.1 Å². The molecule has 0 spiro atoms. The van der Waals surface area contributed by atoms with Crippen molar-refractivity contribution in [3.05, 3.63) is 46.8 Å². The van der Waals surface area contributed by atoms with E-state index in [2.05, 4.69) is 20.8 Å². The summed E-state index contributed by atoms with van der Waals surface area (Å²) in [5, 5.41) is 15.8. The minimum absolute atomic E-state index is 0.0813. The molecule has 148 valence electrons. The van der Waals surface area contributed by atoms with Crippen molar-refractivity contribution in [1.82, 2.24) is 15.8 Å². The van der Waals surface area contributed by atoms with E-state index < -0.39 is 10.0 Å². The molecule has 9 heteroatoms. The molecule has 27 heavy (non-hydrogen) atoms. The van der Waals surface area contributed by atoms with Crippen LogP contribution in [0.1, 0.15) is 43.4 Å². The third-order valence-electron chi connectivity index (χ3n) is 4.03. The van der Waals surface area contributed by atoms with Gasteiger partial charge >= 0.3 is 0 Å². The predicted molar refractivity (Wildman–Crippen MR) is 105 cm³/mol. The molecule has 2 aromatic rings. The number of hydrogen-bond donors (Lipinski definition) is 3. The largest absolute Gasteiger partial charge is 0.361 e. The van der Waals surface area contributed by atoms with Gasteiger partial charge in [0, 0.05) is 25.1 Å². The zero-order valence-electron chi connectivity index (χ0n) is 15.9. The van der Waals surface area contributed by atoms with Crippen molar-refractivity contribution in [1.29, 1.82) is 0 Å². The highest BCUT2D eigenvalue weighted by molar-refractivity contribution is 7.89. The first-order chi connectivity index (χ1) is 12.9. The van der Waals surface area contributed by atoms with Crippen LogP contribution in [-0.4, -0.2) is 26.1 Å². The van der Waals surface area contributed by atoms with Gasteiger partial charge in [-0.2, -0.15) is 0 Å². The molecule has 1 aromatic heterocycles. The molecular formula is C18H27N5O3S. The van der Waals surface area contributed by atoms with Gasteiger partial charge in [-0.05, 0) is 31.0 Å². The number of guanidine groups is 1. The number of aliphatic imine (C=N–C) groups is 1. The van der Waals surface area contributed by atoms with Gasteiger partial charge in [-0.15, -0.1) is 0 Å². The number of sulfonamides is 1. The highest BCUT2D eigenvalue weighted by Gasteiger charge is 2.13. The molecule has 0 radical (unpaired) electrons. The molecule has 0 unspecified atom stereocenters. The Morgan fingerprint density at radius 1 is 1.22 bits per heavy atom. The molecule has 1 aromatic carbocycles. The van der Waals surface area contributed by atoms with E-state index in [1.54, 1.807) is 6.07 Å². The maximum atomic E-state index is 11.5. The highest BCUT2D eigenvalue weighted by Crippen LogP contribution is 2.15. The zero-order chi connectivity index (χ0) is 19.9. The van der Waals surface area contributed by atoms with Crippen molar-refractivity contribution >= 4 is 16.0 Å². The van der Waals surface area contributed by atoms with Crippen LogP contribution in [0, 0.1) is 0 Å². The maximum absolute atomic E-state index is 11.5. The number of benzene rings is 1. The van der Waals surface area contributed by atoms with E-state index in [1.165, 1.54) is 12.1 Å². The average Bonchev–Trinajstić information content (AvgIpc) is 3.05. The lowest BCUT2D eigenvalue weighted by Crippen LogP contribution is -2.37. The summed E-state index contributed by atoms with van der Waals surface area (Å²) in [6, 6.07) is 6.47. The van der Waals surface area contributed by atoms with Crippen LogP contribution >= 0.6 is 0 Å². The first-order valence-corrected chi connectivity index (χ1v) is 10.5. The van der Waals surface area contributed by atoms with Crippen LogP contribution < -0.4 is 15.8 Å². The summed E-state index contributed by atoms with van der Waals surface area (Å²) in [5.41, 5.74) is 2.75. The van der Waals surface area contributed by atoms with Crippen molar-refractivity contribution in [2.45, 2.75) is 51.6 Å². The number of hydrogen-bond acceptors (Lipinski definition) is 5. The van der Waals surface area contributed by atoms with Crippen LogP contribution in [0.2, 0.25) is 0 Å². The number of aromatic nitrogens is 1. The molecule has 1 heterocycles. The average molecular weight is 394 g/mol. The van der Waals surface area contributed by atoms with E-state index in [-0.39, 0.29) is 4.90 Å². The van der Waals surface area contributed by atoms with E-state index in [4.69, 9.17) is 9.66 Å². The van der Waals surface area contributed by atoms with Gasteiger partial charge in [0.1, 0.15) is 5.76 Å². The Hall–Kier alpha value is -2.39. The van der Waals surface area contributed by atoms with Crippen molar-refractivity contribution in [2.75, 3.05) is 6.54 Å². The number of primary sulfonamides is 1. The Kier molecular flexibility index (Phi) is 7.37. The van der Waals surface area contributed by atoms with Gasteiger partial charge in [-0.25, -0.2) is 18.5 Å². The summed E-state index contributed by atoms with van der Waals surface area (Å²) in [5.74, 6) is 1.50. The summed E-state index contributed by atoms with van der Waals surface area (Å²) in [6.45, 7) is 7.63. The molecular weight excluding hydrogens is 366 g/mol. The normalized spacial score (nSPS) is 12.2. The van der Waals surface area contributed by atoms with Crippen LogP contribution in [0.15, 0.2) is 38.7 Å². The standard InChI is InChI=1S/C18H27N5O3S/c1-4-16-15(17(5-2)26-23-16)12-22-18(20-6-3)21-11-13-8-7-9-14(10-13)27(19,24)25/h7-10H,4-6,11-12H2,1-3H3,(H2,19,24,25)(H2,20,21,22). The second-order valence-corrected chi connectivity index (χ2v) is 7.54. The molecule has 0 aliphatic heterocycles. The van der Waals surface area contributed by atoms with Gasteiger partial charge in [-0.3, -0.25) is 0 Å². The molecule has 4 N–H and O–H groups in total. The zero-order valence-corrected chi connectivity index (χ0v) is 16.8. The van der Waals surface area contributed by atoms with Crippen molar-refractivity contribution in [3.8, 4) is 0 Å². The van der Waals surface area contributed by atoms with Gasteiger partial charge in [0.25, 0.3) is 0 Å². The van der Waals surface area contributed by atoms with Gasteiger partial charge in [-0.1, -0.05) is 31.1 Å². The fraction of sp³-hybridized carbons (Fsp3) is 0.444. The third kappa shape index (κ3) is 5.80. The molecule has 0 fully saturated rings. The molecule has 2 rings (SSSR count). The Labute approximate surface area is 160 Å². The first-order valence-electron chi connectivity index (χ1n) is 8.99. The monoisotopic (exact) mass is 393 g/mol. The molecule has 0 amide bonds. The van der Waals surface area contributed by atoms with Gasteiger partial charge < -0.3 is 15.2 Å². The number of aryl methyl sites for hydroxylation is 2. The second-order valence-electron chi connectivity index (χ2n) is 5.98. The fourth-order valence-electron chi connectivity index (χ4n) is 2.64. The van der Waals surface area contributed by atoms with E-state index in [0.717, 1.165) is 35.4 Å². The SMILES string of the molecule is CCNC(=NCc1cccc(S(N)(=O)=O)c1)NCc1c(CC)noc1CC. The Balaban J connectivity index is 2.12. The van der Waals surface area contributed by atoms with E-state index in [1.807, 2.05) is 26.8 Å². The number of nitrogens with zero attached hydrogens (tertiary/aromatic N) is 2. The molecule has 0 saturated heterocycles. The summed E-state index contributed by atoms with van der Waals surface area (Å²) >= 11 is 0. The summed E-state index contributed by atoms with van der Waals surface area (Å²) in [7, 11) is -3.73. The van der Waals surface area contributed by atoms with Crippen LogP contribution in [0.3, 0.4) is 0 Å². The number of rotatable bonds is 8. The van der Waals surface area contributed by atoms with Crippen LogP contribution in [0.25, 0.3) is 0 Å². The second kappa shape index (κ2) is 9.52. The van der Waals surface area contributed by atoms with Gasteiger partial charge in [0.05, 0.1) is 17.1 Å². The Morgan fingerprint density at radius 3 is 2.63 bits per heavy atom. The summed E-state index contributed by atoms with van der Waals surface area (Å²) in [4.78, 5) is 4.61. The summed E-state index contributed by atoms with van der Waals surface area (Å²) in [6.07, 6.45) is 1.58. The molecule has 0 saturated carbocycles. The molecule has 0 atom stereocenters. The number of nitrogens with one attached hydrogen (secondary N) is 2. The minimum Gasteiger partial charge on any atom is -0.361 e. The third-order valence-corrected chi connectivity index (χ3v) is 4.94. The van der Waals surface area contributed by atoms with Gasteiger partial charge in [0.2, 0.25) is 10.0 Å². The molecule has 8 nitrogen and oxygen atoms in total. The number of nitrogens with two attached hydrogens (primary N) is 1. The lowest BCUT2D eigenvalue weighted by atomic mass is 10.1. The smallest absolute Gasteiger partial charge is 0.238 e. The Morgan fingerprint density at radius 2 is 2.00 bits per heavy atom. The van der Waals surface area contributed by atoms with E-state index in [9.17, 15) is 8.42 Å². The molecule has 0 aliphatic rings. The van der Waals surface area contributed by atoms with Crippen LogP contribution in [-0.2, 0) is 36.0 Å². The Bertz CT molecular complexity index is 869. The lowest BCUT2D eigenvalue weighted by Gasteiger charge is -2.12. The molecule has 0 aliphatic carbocycles. The quantitative estimate of drug-likeness (QED) is 0.463. The summed E-state index contributed by atoms with van der Waals surface area (Å²) < 4.78 is 28.3. The van der Waals surface area contributed by atoms with Crippen LogP contribution in [0.4, 0.5) is 0 Å². The highest BCUT2D eigenvalue weighted by atomic mass is 32.2. The molecule has 0 bridgehead atoms. The van der Waals surface area contributed by atoms with E-state index in [0.29, 0.717) is 25.6 Å². The lowest BCUT2D eigenvalue weighted by molar-refractivity contribution is 0.380. The van der Waals surface area contributed by atoms with Crippen molar-refractivity contribution in [3.63, 3.8) is 0 Å².